The minimum Gasteiger partial charge on any atom is -0.309 e. The van der Waals surface area contributed by atoms with E-state index in [1.54, 1.807) is 0 Å². The molecule has 1 amide bonds. The van der Waals surface area contributed by atoms with Gasteiger partial charge in [-0.25, -0.2) is 0 Å². The fourth-order valence-electron chi connectivity index (χ4n) is 2.41. The lowest BCUT2D eigenvalue weighted by atomic mass is 9.92. The fourth-order valence-corrected chi connectivity index (χ4v) is 2.41. The molecule has 1 unspecified atom stereocenters. The van der Waals surface area contributed by atoms with Gasteiger partial charge in [0.05, 0.1) is 5.92 Å². The summed E-state index contributed by atoms with van der Waals surface area (Å²) in [6.45, 7) is 8.41. The summed E-state index contributed by atoms with van der Waals surface area (Å²) < 4.78 is 0. The van der Waals surface area contributed by atoms with Crippen molar-refractivity contribution in [3.8, 4) is 0 Å². The zero-order valence-corrected chi connectivity index (χ0v) is 13.8. The van der Waals surface area contributed by atoms with Crippen molar-refractivity contribution >= 4 is 11.7 Å². The first kappa shape index (κ1) is 16.3. The number of carbonyl (C=O) groups is 1. The molecule has 0 bridgehead atoms. The third-order valence-corrected chi connectivity index (χ3v) is 3.73. The number of hydrogen-bond donors (Lipinski definition) is 2. The van der Waals surface area contributed by atoms with Crippen molar-refractivity contribution in [2.45, 2.75) is 51.9 Å². The van der Waals surface area contributed by atoms with Gasteiger partial charge >= 0.3 is 0 Å². The maximum Gasteiger partial charge on any atom is 0.233 e. The summed E-state index contributed by atoms with van der Waals surface area (Å²) in [6, 6.07) is 11.8. The fraction of sp³-hybridized carbons (Fsp3) is 0.444. The predicted molar refractivity (Wildman–Crippen MR) is 90.0 cm³/mol. The molecule has 1 heterocycles. The first-order chi connectivity index (χ1) is 10.4. The number of nitrogens with zero attached hydrogens (tertiary/aromatic N) is 1. The summed E-state index contributed by atoms with van der Waals surface area (Å²) in [5.41, 5.74) is 2.04. The SMILES string of the molecule is CCCC(C(=O)Nc1cc(C(C)(C)C)[nH]n1)c1ccccc1. The Kier molecular flexibility index (Phi) is 5.01. The van der Waals surface area contributed by atoms with Crippen molar-refractivity contribution in [3.63, 3.8) is 0 Å². The van der Waals surface area contributed by atoms with E-state index in [1.165, 1.54) is 0 Å². The zero-order valence-electron chi connectivity index (χ0n) is 13.8. The van der Waals surface area contributed by atoms with Crippen LogP contribution in [0.5, 0.6) is 0 Å². The maximum absolute atomic E-state index is 12.6. The molecule has 1 atom stereocenters. The van der Waals surface area contributed by atoms with Crippen LogP contribution < -0.4 is 5.32 Å². The molecule has 0 radical (unpaired) electrons. The highest BCUT2D eigenvalue weighted by Gasteiger charge is 2.22. The smallest absolute Gasteiger partial charge is 0.233 e. The molecule has 118 valence electrons. The Balaban J connectivity index is 2.13. The first-order valence-electron chi connectivity index (χ1n) is 7.83. The molecule has 4 nitrogen and oxygen atoms in total. The summed E-state index contributed by atoms with van der Waals surface area (Å²) >= 11 is 0. The summed E-state index contributed by atoms with van der Waals surface area (Å²) in [7, 11) is 0. The van der Waals surface area contributed by atoms with E-state index in [0.29, 0.717) is 5.82 Å². The summed E-state index contributed by atoms with van der Waals surface area (Å²) in [5.74, 6) is 0.452. The van der Waals surface area contributed by atoms with Crippen LogP contribution in [0, 0.1) is 0 Å². The monoisotopic (exact) mass is 299 g/mol. The number of aromatic amines is 1. The highest BCUT2D eigenvalue weighted by molar-refractivity contribution is 5.95. The van der Waals surface area contributed by atoms with Gasteiger partial charge in [0, 0.05) is 17.2 Å². The molecule has 22 heavy (non-hydrogen) atoms. The van der Waals surface area contributed by atoms with Gasteiger partial charge in [-0.3, -0.25) is 9.89 Å². The number of carbonyl (C=O) groups excluding carboxylic acids is 1. The zero-order chi connectivity index (χ0) is 16.2. The van der Waals surface area contributed by atoms with Gasteiger partial charge in [0.25, 0.3) is 0 Å². The number of hydrogen-bond acceptors (Lipinski definition) is 2. The van der Waals surface area contributed by atoms with Crippen LogP contribution in [0.2, 0.25) is 0 Å². The lowest BCUT2D eigenvalue weighted by Gasteiger charge is -2.16. The van der Waals surface area contributed by atoms with Crippen molar-refractivity contribution in [3.05, 3.63) is 47.7 Å². The second-order valence-corrected chi connectivity index (χ2v) is 6.66. The van der Waals surface area contributed by atoms with Crippen molar-refractivity contribution in [2.24, 2.45) is 0 Å². The molecule has 0 spiro atoms. The largest absolute Gasteiger partial charge is 0.309 e. The quantitative estimate of drug-likeness (QED) is 0.868. The van der Waals surface area contributed by atoms with Crippen LogP contribution in [0.3, 0.4) is 0 Å². The second kappa shape index (κ2) is 6.77. The lowest BCUT2D eigenvalue weighted by Crippen LogP contribution is -2.21. The number of rotatable bonds is 5. The molecular weight excluding hydrogens is 274 g/mol. The van der Waals surface area contributed by atoms with E-state index in [1.807, 2.05) is 36.4 Å². The maximum atomic E-state index is 12.6. The molecule has 0 aliphatic rings. The Morgan fingerprint density at radius 2 is 1.95 bits per heavy atom. The molecule has 1 aromatic carbocycles. The van der Waals surface area contributed by atoms with E-state index in [-0.39, 0.29) is 17.2 Å². The molecule has 1 aromatic heterocycles. The molecule has 0 saturated carbocycles. The van der Waals surface area contributed by atoms with E-state index in [4.69, 9.17) is 0 Å². The van der Waals surface area contributed by atoms with E-state index in [9.17, 15) is 4.79 Å². The summed E-state index contributed by atoms with van der Waals surface area (Å²) in [6.07, 6.45) is 1.78. The van der Waals surface area contributed by atoms with Gasteiger partial charge in [-0.05, 0) is 12.0 Å². The van der Waals surface area contributed by atoms with Gasteiger partial charge in [0.15, 0.2) is 5.82 Å². The van der Waals surface area contributed by atoms with Gasteiger partial charge < -0.3 is 5.32 Å². The Morgan fingerprint density at radius 1 is 1.27 bits per heavy atom. The number of aromatic nitrogens is 2. The van der Waals surface area contributed by atoms with Gasteiger partial charge in [0.1, 0.15) is 0 Å². The number of H-pyrrole nitrogens is 1. The molecule has 0 saturated heterocycles. The minimum absolute atomic E-state index is 0.00000850. The van der Waals surface area contributed by atoms with Crippen molar-refractivity contribution < 1.29 is 4.79 Å². The van der Waals surface area contributed by atoms with Crippen LogP contribution in [0.4, 0.5) is 5.82 Å². The van der Waals surface area contributed by atoms with Crippen LogP contribution >= 0.6 is 0 Å². The van der Waals surface area contributed by atoms with Crippen molar-refractivity contribution in [1.82, 2.24) is 10.2 Å². The van der Waals surface area contributed by atoms with Crippen molar-refractivity contribution in [2.75, 3.05) is 5.32 Å². The molecule has 2 aromatic rings. The molecule has 0 aliphatic heterocycles. The Hall–Kier alpha value is -2.10. The van der Waals surface area contributed by atoms with E-state index < -0.39 is 0 Å². The Bertz CT molecular complexity index is 611. The third-order valence-electron chi connectivity index (χ3n) is 3.73. The number of nitrogens with one attached hydrogen (secondary N) is 2. The Labute approximate surface area is 132 Å². The molecule has 0 fully saturated rings. The number of benzene rings is 1. The molecule has 2 rings (SSSR count). The Morgan fingerprint density at radius 3 is 2.50 bits per heavy atom. The van der Waals surface area contributed by atoms with Crippen molar-refractivity contribution in [1.29, 1.82) is 0 Å². The first-order valence-corrected chi connectivity index (χ1v) is 7.83. The third kappa shape index (κ3) is 3.97. The van der Waals surface area contributed by atoms with Gasteiger partial charge in [0.2, 0.25) is 5.91 Å². The second-order valence-electron chi connectivity index (χ2n) is 6.66. The van der Waals surface area contributed by atoms with Crippen LogP contribution in [0.15, 0.2) is 36.4 Å². The van der Waals surface area contributed by atoms with Gasteiger partial charge in [-0.1, -0.05) is 64.4 Å². The highest BCUT2D eigenvalue weighted by atomic mass is 16.2. The van der Waals surface area contributed by atoms with Crippen LogP contribution in [0.25, 0.3) is 0 Å². The molecule has 2 N–H and O–H groups in total. The summed E-state index contributed by atoms with van der Waals surface area (Å²) in [4.78, 5) is 12.6. The van der Waals surface area contributed by atoms with Gasteiger partial charge in [-0.15, -0.1) is 0 Å². The lowest BCUT2D eigenvalue weighted by molar-refractivity contribution is -0.117. The average Bonchev–Trinajstić information content (AvgIpc) is 2.94. The normalized spacial score (nSPS) is 12.9. The number of anilines is 1. The van der Waals surface area contributed by atoms with Crippen LogP contribution in [0.1, 0.15) is 57.7 Å². The molecular formula is C18H25N3O. The predicted octanol–water partition coefficient (Wildman–Crippen LogP) is 4.23. The molecule has 4 heteroatoms. The van der Waals surface area contributed by atoms with E-state index >= 15 is 0 Å². The van der Waals surface area contributed by atoms with E-state index in [0.717, 1.165) is 24.1 Å². The van der Waals surface area contributed by atoms with Crippen LogP contribution in [-0.2, 0) is 10.2 Å². The van der Waals surface area contributed by atoms with E-state index in [2.05, 4.69) is 43.2 Å². The number of amides is 1. The minimum atomic E-state index is -0.138. The molecule has 0 aliphatic carbocycles. The summed E-state index contributed by atoms with van der Waals surface area (Å²) in [5, 5.41) is 10.1. The highest BCUT2D eigenvalue weighted by Crippen LogP contribution is 2.25. The van der Waals surface area contributed by atoms with Crippen LogP contribution in [-0.4, -0.2) is 16.1 Å². The topological polar surface area (TPSA) is 57.8 Å². The van der Waals surface area contributed by atoms with Gasteiger partial charge in [-0.2, -0.15) is 5.10 Å². The average molecular weight is 299 g/mol. The standard InChI is InChI=1S/C18H25N3O/c1-5-9-14(13-10-7-6-8-11-13)17(22)19-16-12-15(20-21-16)18(2,3)4/h6-8,10-12,14H,5,9H2,1-4H3,(H2,19,20,21,22).